The number of furan rings is 1. The molecule has 1 aliphatic rings. The molecule has 3 rings (SSSR count). The Morgan fingerprint density at radius 2 is 2.00 bits per heavy atom. The van der Waals surface area contributed by atoms with Crippen LogP contribution in [-0.2, 0) is 19.4 Å². The maximum Gasteiger partial charge on any atom is 0.372 e. The van der Waals surface area contributed by atoms with Gasteiger partial charge in [0.25, 0.3) is 0 Å². The summed E-state index contributed by atoms with van der Waals surface area (Å²) < 4.78 is 10.6. The molecule has 0 amide bonds. The Bertz CT molecular complexity index is 627. The van der Waals surface area contributed by atoms with Crippen molar-refractivity contribution in [3.05, 3.63) is 53.0 Å². The summed E-state index contributed by atoms with van der Waals surface area (Å²) in [6, 6.07) is 7.75. The van der Waals surface area contributed by atoms with Crippen LogP contribution in [0.3, 0.4) is 0 Å². The number of rotatable bonds is 4. The van der Waals surface area contributed by atoms with Crippen LogP contribution in [0.15, 0.2) is 34.9 Å². The Labute approximate surface area is 117 Å². The van der Waals surface area contributed by atoms with Gasteiger partial charge in [0.05, 0.1) is 6.26 Å². The van der Waals surface area contributed by atoms with Crippen LogP contribution in [0.25, 0.3) is 0 Å². The summed E-state index contributed by atoms with van der Waals surface area (Å²) in [5.74, 6) is -0.342. The highest BCUT2D eigenvalue weighted by molar-refractivity contribution is 5.86. The Morgan fingerprint density at radius 1 is 1.20 bits per heavy atom. The summed E-state index contributed by atoms with van der Waals surface area (Å²) in [6.45, 7) is 0.205. The number of carbonyl (C=O) groups is 1. The lowest BCUT2D eigenvalue weighted by atomic mass is 9.92. The molecule has 1 heterocycles. The third-order valence-corrected chi connectivity index (χ3v) is 3.66. The molecule has 0 spiro atoms. The molecule has 0 saturated heterocycles. The van der Waals surface area contributed by atoms with E-state index in [4.69, 9.17) is 14.3 Å². The third kappa shape index (κ3) is 2.54. The van der Waals surface area contributed by atoms with Gasteiger partial charge in [-0.05, 0) is 55.0 Å². The van der Waals surface area contributed by atoms with E-state index >= 15 is 0 Å². The largest absolute Gasteiger partial charge is 0.489 e. The molecule has 0 bridgehead atoms. The molecule has 104 valence electrons. The first-order valence-corrected chi connectivity index (χ1v) is 6.78. The van der Waals surface area contributed by atoms with Crippen LogP contribution in [0.2, 0.25) is 0 Å². The number of aromatic carboxylic acids is 1. The molecule has 1 aliphatic carbocycles. The lowest BCUT2D eigenvalue weighted by Gasteiger charge is -2.16. The Kier molecular flexibility index (Phi) is 3.46. The van der Waals surface area contributed by atoms with Gasteiger partial charge in [-0.1, -0.05) is 6.07 Å². The van der Waals surface area contributed by atoms with Gasteiger partial charge in [0.15, 0.2) is 0 Å². The second-order valence-electron chi connectivity index (χ2n) is 5.01. The van der Waals surface area contributed by atoms with Crippen molar-refractivity contribution in [3.8, 4) is 5.75 Å². The van der Waals surface area contributed by atoms with Crippen LogP contribution in [0.5, 0.6) is 5.75 Å². The van der Waals surface area contributed by atoms with Gasteiger partial charge >= 0.3 is 5.97 Å². The van der Waals surface area contributed by atoms with E-state index < -0.39 is 5.97 Å². The first-order chi connectivity index (χ1) is 9.74. The number of hydrogen-bond acceptors (Lipinski definition) is 3. The monoisotopic (exact) mass is 272 g/mol. The van der Waals surface area contributed by atoms with Crippen molar-refractivity contribution in [2.24, 2.45) is 0 Å². The third-order valence-electron chi connectivity index (χ3n) is 3.66. The van der Waals surface area contributed by atoms with Crippen molar-refractivity contribution in [2.75, 3.05) is 0 Å². The van der Waals surface area contributed by atoms with Crippen molar-refractivity contribution in [1.82, 2.24) is 0 Å². The molecule has 20 heavy (non-hydrogen) atoms. The Hall–Kier alpha value is -2.23. The minimum Gasteiger partial charge on any atom is -0.489 e. The fourth-order valence-corrected chi connectivity index (χ4v) is 2.60. The van der Waals surface area contributed by atoms with E-state index in [0.717, 1.165) is 18.6 Å². The first kappa shape index (κ1) is 12.8. The summed E-state index contributed by atoms with van der Waals surface area (Å²) in [5, 5.41) is 8.96. The maximum atomic E-state index is 10.9. The zero-order valence-corrected chi connectivity index (χ0v) is 11.1. The SMILES string of the molecule is O=C(O)c1occc1COc1ccc2c(c1)CCCC2. The van der Waals surface area contributed by atoms with Crippen LogP contribution in [-0.4, -0.2) is 11.1 Å². The average molecular weight is 272 g/mol. The second kappa shape index (κ2) is 5.41. The number of hydrogen-bond donors (Lipinski definition) is 1. The quantitative estimate of drug-likeness (QED) is 0.926. The van der Waals surface area contributed by atoms with Gasteiger partial charge in [0, 0.05) is 5.56 Å². The summed E-state index contributed by atoms with van der Waals surface area (Å²) in [4.78, 5) is 10.9. The molecular formula is C16H16O4. The van der Waals surface area contributed by atoms with E-state index in [-0.39, 0.29) is 12.4 Å². The van der Waals surface area contributed by atoms with Crippen molar-refractivity contribution in [1.29, 1.82) is 0 Å². The molecule has 0 fully saturated rings. The molecule has 0 unspecified atom stereocenters. The minimum atomic E-state index is -1.07. The molecule has 4 heteroatoms. The summed E-state index contributed by atoms with van der Waals surface area (Å²) >= 11 is 0. The minimum absolute atomic E-state index is 0.0528. The van der Waals surface area contributed by atoms with Crippen LogP contribution in [0.4, 0.5) is 0 Å². The van der Waals surface area contributed by atoms with Gasteiger partial charge in [0.2, 0.25) is 5.76 Å². The van der Waals surface area contributed by atoms with Crippen LogP contribution in [0, 0.1) is 0 Å². The van der Waals surface area contributed by atoms with Gasteiger partial charge in [-0.3, -0.25) is 0 Å². The first-order valence-electron chi connectivity index (χ1n) is 6.78. The van der Waals surface area contributed by atoms with E-state index in [2.05, 4.69) is 12.1 Å². The molecule has 0 saturated carbocycles. The van der Waals surface area contributed by atoms with Crippen LogP contribution >= 0.6 is 0 Å². The molecule has 1 N–H and O–H groups in total. The molecule has 0 radical (unpaired) electrons. The lowest BCUT2D eigenvalue weighted by Crippen LogP contribution is -2.05. The lowest BCUT2D eigenvalue weighted by molar-refractivity contribution is 0.0658. The molecule has 4 nitrogen and oxygen atoms in total. The maximum absolute atomic E-state index is 10.9. The Balaban J connectivity index is 1.72. The summed E-state index contributed by atoms with van der Waals surface area (Å²) in [7, 11) is 0. The molecule has 0 aliphatic heterocycles. The van der Waals surface area contributed by atoms with Crippen molar-refractivity contribution < 1.29 is 19.1 Å². The zero-order chi connectivity index (χ0) is 13.9. The normalized spacial score (nSPS) is 13.8. The number of benzene rings is 1. The van der Waals surface area contributed by atoms with E-state index in [1.54, 1.807) is 6.07 Å². The predicted octanol–water partition coefficient (Wildman–Crippen LogP) is 3.44. The fraction of sp³-hybridized carbons (Fsp3) is 0.312. The van der Waals surface area contributed by atoms with Crippen LogP contribution in [0.1, 0.15) is 40.1 Å². The van der Waals surface area contributed by atoms with E-state index in [1.807, 2.05) is 6.07 Å². The smallest absolute Gasteiger partial charge is 0.372 e. The predicted molar refractivity (Wildman–Crippen MR) is 73.1 cm³/mol. The van der Waals surface area contributed by atoms with Crippen molar-refractivity contribution >= 4 is 5.97 Å². The Morgan fingerprint density at radius 3 is 2.80 bits per heavy atom. The van der Waals surface area contributed by atoms with Crippen molar-refractivity contribution in [3.63, 3.8) is 0 Å². The van der Waals surface area contributed by atoms with E-state index in [1.165, 1.54) is 30.2 Å². The molecule has 1 aromatic heterocycles. The summed E-state index contributed by atoms with van der Waals surface area (Å²) in [6.07, 6.45) is 6.08. The molecular weight excluding hydrogens is 256 g/mol. The topological polar surface area (TPSA) is 59.7 Å². The highest BCUT2D eigenvalue weighted by Gasteiger charge is 2.15. The summed E-state index contributed by atoms with van der Waals surface area (Å²) in [5.41, 5.74) is 3.30. The number of carboxylic acids is 1. The molecule has 1 aromatic carbocycles. The van der Waals surface area contributed by atoms with E-state index in [0.29, 0.717) is 5.56 Å². The van der Waals surface area contributed by atoms with Gasteiger partial charge in [0.1, 0.15) is 12.4 Å². The van der Waals surface area contributed by atoms with Gasteiger partial charge in [-0.15, -0.1) is 0 Å². The number of fused-ring (bicyclic) bond motifs is 1. The number of carboxylic acid groups (broad SMARTS) is 1. The molecule has 2 aromatic rings. The average Bonchev–Trinajstić information content (AvgIpc) is 2.93. The fourth-order valence-electron chi connectivity index (χ4n) is 2.60. The number of ether oxygens (including phenoxy) is 1. The molecule has 0 atom stereocenters. The van der Waals surface area contributed by atoms with E-state index in [9.17, 15) is 4.79 Å². The highest BCUT2D eigenvalue weighted by Crippen LogP contribution is 2.26. The second-order valence-corrected chi connectivity index (χ2v) is 5.01. The number of aryl methyl sites for hydroxylation is 2. The standard InChI is InChI=1S/C16H16O4/c17-16(18)15-13(7-8-19-15)10-20-14-6-5-11-3-1-2-4-12(11)9-14/h5-9H,1-4,10H2,(H,17,18). The van der Waals surface area contributed by atoms with Gasteiger partial charge in [-0.25, -0.2) is 4.79 Å². The van der Waals surface area contributed by atoms with Gasteiger partial charge < -0.3 is 14.3 Å². The highest BCUT2D eigenvalue weighted by atomic mass is 16.5. The van der Waals surface area contributed by atoms with Crippen molar-refractivity contribution in [2.45, 2.75) is 32.3 Å². The zero-order valence-electron chi connectivity index (χ0n) is 11.1. The van der Waals surface area contributed by atoms with Crippen LogP contribution < -0.4 is 4.74 Å². The van der Waals surface area contributed by atoms with Gasteiger partial charge in [-0.2, -0.15) is 0 Å².